The molecule has 6 heteroatoms. The molecule has 2 nitrogen and oxygen atoms in total. The van der Waals surface area contributed by atoms with Crippen molar-refractivity contribution in [1.29, 1.82) is 0 Å². The Morgan fingerprint density at radius 1 is 1.00 bits per heavy atom. The molecule has 20 heavy (non-hydrogen) atoms. The zero-order valence-corrected chi connectivity index (χ0v) is 11.2. The average molecular weight is 304 g/mol. The normalized spacial score (nSPS) is 10.8. The van der Waals surface area contributed by atoms with Crippen LogP contribution in [0.4, 0.5) is 13.2 Å². The van der Waals surface area contributed by atoms with Crippen LogP contribution in [-0.2, 0) is 12.7 Å². The number of ether oxygens (including phenoxy) is 1. The SMILES string of the molecule is Cl.NCc1ccccc1Oc1cccc(C(F)(F)F)c1. The van der Waals surface area contributed by atoms with Gasteiger partial charge in [0.05, 0.1) is 5.56 Å². The van der Waals surface area contributed by atoms with Gasteiger partial charge in [-0.3, -0.25) is 0 Å². The highest BCUT2D eigenvalue weighted by atomic mass is 35.5. The lowest BCUT2D eigenvalue weighted by molar-refractivity contribution is -0.137. The Bertz CT molecular complexity index is 572. The van der Waals surface area contributed by atoms with Crippen LogP contribution in [0.1, 0.15) is 11.1 Å². The topological polar surface area (TPSA) is 35.2 Å². The average Bonchev–Trinajstić information content (AvgIpc) is 2.39. The van der Waals surface area contributed by atoms with Crippen LogP contribution in [0.3, 0.4) is 0 Å². The van der Waals surface area contributed by atoms with E-state index >= 15 is 0 Å². The van der Waals surface area contributed by atoms with Crippen LogP contribution in [0.15, 0.2) is 48.5 Å². The van der Waals surface area contributed by atoms with E-state index in [2.05, 4.69) is 0 Å². The molecule has 0 heterocycles. The molecule has 2 aromatic rings. The maximum Gasteiger partial charge on any atom is 0.416 e. The number of halogens is 4. The minimum absolute atomic E-state index is 0. The summed E-state index contributed by atoms with van der Waals surface area (Å²) in [6, 6.07) is 11.7. The van der Waals surface area contributed by atoms with Gasteiger partial charge in [-0.05, 0) is 24.3 Å². The largest absolute Gasteiger partial charge is 0.457 e. The number of hydrogen-bond donors (Lipinski definition) is 1. The monoisotopic (exact) mass is 303 g/mol. The lowest BCUT2D eigenvalue weighted by Crippen LogP contribution is -2.05. The first-order valence-corrected chi connectivity index (χ1v) is 5.64. The second-order valence-corrected chi connectivity index (χ2v) is 3.94. The first-order chi connectivity index (χ1) is 9.00. The van der Waals surface area contributed by atoms with Crippen molar-refractivity contribution in [2.24, 2.45) is 5.73 Å². The summed E-state index contributed by atoms with van der Waals surface area (Å²) in [5.74, 6) is 0.597. The third-order valence-electron chi connectivity index (χ3n) is 2.58. The molecule has 0 unspecified atom stereocenters. The predicted molar refractivity (Wildman–Crippen MR) is 73.1 cm³/mol. The molecule has 0 aliphatic carbocycles. The van der Waals surface area contributed by atoms with Crippen molar-refractivity contribution in [3.63, 3.8) is 0 Å². The van der Waals surface area contributed by atoms with Crippen molar-refractivity contribution < 1.29 is 17.9 Å². The van der Waals surface area contributed by atoms with E-state index in [1.54, 1.807) is 24.3 Å². The van der Waals surface area contributed by atoms with Gasteiger partial charge < -0.3 is 10.5 Å². The smallest absolute Gasteiger partial charge is 0.416 e. The minimum atomic E-state index is -4.38. The van der Waals surface area contributed by atoms with E-state index in [1.807, 2.05) is 0 Å². The first-order valence-electron chi connectivity index (χ1n) is 5.64. The summed E-state index contributed by atoms with van der Waals surface area (Å²) in [4.78, 5) is 0. The number of para-hydroxylation sites is 1. The van der Waals surface area contributed by atoms with E-state index < -0.39 is 11.7 Å². The number of nitrogens with two attached hydrogens (primary N) is 1. The molecule has 0 aliphatic rings. The van der Waals surface area contributed by atoms with Gasteiger partial charge >= 0.3 is 6.18 Å². The van der Waals surface area contributed by atoms with Gasteiger partial charge in [-0.15, -0.1) is 12.4 Å². The van der Waals surface area contributed by atoms with Gasteiger partial charge in [0.2, 0.25) is 0 Å². The van der Waals surface area contributed by atoms with Crippen LogP contribution in [-0.4, -0.2) is 0 Å². The van der Waals surface area contributed by atoms with Crippen LogP contribution in [0.5, 0.6) is 11.5 Å². The quantitative estimate of drug-likeness (QED) is 0.913. The molecule has 2 rings (SSSR count). The minimum Gasteiger partial charge on any atom is -0.457 e. The molecule has 0 bridgehead atoms. The van der Waals surface area contributed by atoms with Gasteiger partial charge in [-0.25, -0.2) is 0 Å². The number of benzene rings is 2. The lowest BCUT2D eigenvalue weighted by Gasteiger charge is -2.12. The summed E-state index contributed by atoms with van der Waals surface area (Å²) >= 11 is 0. The second-order valence-electron chi connectivity index (χ2n) is 3.94. The molecule has 0 fully saturated rings. The summed E-state index contributed by atoms with van der Waals surface area (Å²) < 4.78 is 43.2. The highest BCUT2D eigenvalue weighted by Crippen LogP contribution is 2.33. The van der Waals surface area contributed by atoms with Crippen LogP contribution in [0, 0.1) is 0 Å². The maximum absolute atomic E-state index is 12.6. The van der Waals surface area contributed by atoms with Crippen LogP contribution in [0.2, 0.25) is 0 Å². The third kappa shape index (κ3) is 3.88. The lowest BCUT2D eigenvalue weighted by atomic mass is 10.2. The van der Waals surface area contributed by atoms with Crippen LogP contribution in [0.25, 0.3) is 0 Å². The molecule has 0 atom stereocenters. The highest BCUT2D eigenvalue weighted by molar-refractivity contribution is 5.85. The van der Waals surface area contributed by atoms with Gasteiger partial charge in [-0.2, -0.15) is 13.2 Å². The Hall–Kier alpha value is -1.72. The Kier molecular flexibility index (Phi) is 5.42. The van der Waals surface area contributed by atoms with Gasteiger partial charge in [-0.1, -0.05) is 24.3 Å². The van der Waals surface area contributed by atoms with Crippen molar-refractivity contribution in [1.82, 2.24) is 0 Å². The molecular weight excluding hydrogens is 291 g/mol. The Morgan fingerprint density at radius 2 is 1.70 bits per heavy atom. The summed E-state index contributed by atoms with van der Waals surface area (Å²) in [5.41, 5.74) is 5.54. The summed E-state index contributed by atoms with van der Waals surface area (Å²) in [5, 5.41) is 0. The second kappa shape index (κ2) is 6.63. The summed E-state index contributed by atoms with van der Waals surface area (Å²) in [6.45, 7) is 0.259. The molecule has 2 aromatic carbocycles. The van der Waals surface area contributed by atoms with E-state index in [-0.39, 0.29) is 24.7 Å². The first kappa shape index (κ1) is 16.3. The van der Waals surface area contributed by atoms with E-state index in [0.717, 1.165) is 17.7 Å². The van der Waals surface area contributed by atoms with Crippen LogP contribution >= 0.6 is 12.4 Å². The molecule has 2 N–H and O–H groups in total. The number of rotatable bonds is 3. The van der Waals surface area contributed by atoms with Crippen molar-refractivity contribution in [3.05, 3.63) is 59.7 Å². The Morgan fingerprint density at radius 3 is 2.35 bits per heavy atom. The van der Waals surface area contributed by atoms with Gasteiger partial charge in [0.1, 0.15) is 11.5 Å². The molecule has 0 amide bonds. The van der Waals surface area contributed by atoms with E-state index in [4.69, 9.17) is 10.5 Å². The van der Waals surface area contributed by atoms with Gasteiger partial charge in [0.15, 0.2) is 0 Å². The molecule has 0 aliphatic heterocycles. The molecule has 0 spiro atoms. The van der Waals surface area contributed by atoms with Crippen molar-refractivity contribution in [3.8, 4) is 11.5 Å². The summed E-state index contributed by atoms with van der Waals surface area (Å²) in [7, 11) is 0. The number of hydrogen-bond acceptors (Lipinski definition) is 2. The molecule has 108 valence electrons. The molecule has 0 aromatic heterocycles. The van der Waals surface area contributed by atoms with Crippen LogP contribution < -0.4 is 10.5 Å². The molecule has 0 saturated heterocycles. The van der Waals surface area contributed by atoms with Crippen molar-refractivity contribution in [2.75, 3.05) is 0 Å². The fraction of sp³-hybridized carbons (Fsp3) is 0.143. The maximum atomic E-state index is 12.6. The highest BCUT2D eigenvalue weighted by Gasteiger charge is 2.30. The zero-order valence-electron chi connectivity index (χ0n) is 10.4. The molecular formula is C14H13ClF3NO. The van der Waals surface area contributed by atoms with E-state index in [9.17, 15) is 13.2 Å². The van der Waals surface area contributed by atoms with Crippen molar-refractivity contribution in [2.45, 2.75) is 12.7 Å². The van der Waals surface area contributed by atoms with E-state index in [0.29, 0.717) is 5.75 Å². The molecule has 0 saturated carbocycles. The number of alkyl halides is 3. The Labute approximate surface area is 120 Å². The zero-order chi connectivity index (χ0) is 13.9. The van der Waals surface area contributed by atoms with Crippen molar-refractivity contribution >= 4 is 12.4 Å². The molecule has 0 radical (unpaired) electrons. The van der Waals surface area contributed by atoms with E-state index in [1.165, 1.54) is 12.1 Å². The standard InChI is InChI=1S/C14H12F3NO.ClH/c15-14(16,17)11-5-3-6-12(8-11)19-13-7-2-1-4-10(13)9-18;/h1-8H,9,18H2;1H. The Balaban J connectivity index is 0.00000200. The van der Waals surface area contributed by atoms with Gasteiger partial charge in [0, 0.05) is 12.1 Å². The van der Waals surface area contributed by atoms with Gasteiger partial charge in [0.25, 0.3) is 0 Å². The third-order valence-corrected chi connectivity index (χ3v) is 2.58. The fourth-order valence-electron chi connectivity index (χ4n) is 1.63. The predicted octanol–water partition coefficient (Wildman–Crippen LogP) is 4.38. The summed E-state index contributed by atoms with van der Waals surface area (Å²) in [6.07, 6.45) is -4.38. The fourth-order valence-corrected chi connectivity index (χ4v) is 1.63.